The van der Waals surface area contributed by atoms with Gasteiger partial charge in [0.15, 0.2) is 0 Å². The molecule has 1 atom stereocenters. The molecule has 0 saturated carbocycles. The first-order chi connectivity index (χ1) is 15.5. The van der Waals surface area contributed by atoms with Gasteiger partial charge in [0, 0.05) is 54.9 Å². The first-order valence-electron chi connectivity index (χ1n) is 10.9. The molecule has 2 fully saturated rings. The molecule has 1 amide bonds. The monoisotopic (exact) mass is 478 g/mol. The number of nitrogens with zero attached hydrogens (tertiary/aromatic N) is 2. The molecule has 33 heavy (non-hydrogen) atoms. The smallest absolute Gasteiger partial charge is 0.259 e. The molecule has 178 valence electrons. The zero-order valence-corrected chi connectivity index (χ0v) is 19.5. The van der Waals surface area contributed by atoms with E-state index >= 15 is 0 Å². The Hall–Kier alpha value is -2.59. The van der Waals surface area contributed by atoms with Crippen molar-refractivity contribution in [3.63, 3.8) is 0 Å². The van der Waals surface area contributed by atoms with Gasteiger partial charge in [-0.3, -0.25) is 4.79 Å². The van der Waals surface area contributed by atoms with Crippen molar-refractivity contribution in [2.24, 2.45) is 0 Å². The number of anilines is 2. The van der Waals surface area contributed by atoms with Crippen molar-refractivity contribution < 1.29 is 22.5 Å². The summed E-state index contributed by atoms with van der Waals surface area (Å²) in [5.41, 5.74) is 2.41. The van der Waals surface area contributed by atoms with Crippen LogP contribution in [0.25, 0.3) is 0 Å². The molecule has 2 aliphatic heterocycles. The third-order valence-corrected chi connectivity index (χ3v) is 7.38. The lowest BCUT2D eigenvalue weighted by Crippen LogP contribution is -2.32. The van der Waals surface area contributed by atoms with Crippen LogP contribution < -0.4 is 10.2 Å². The van der Waals surface area contributed by atoms with Gasteiger partial charge in [-0.05, 0) is 42.7 Å². The van der Waals surface area contributed by atoms with Crippen LogP contribution in [-0.2, 0) is 14.5 Å². The Bertz CT molecular complexity index is 1170. The second-order valence-corrected chi connectivity index (χ2v) is 11.0. The van der Waals surface area contributed by atoms with E-state index in [1.54, 1.807) is 29.3 Å². The Morgan fingerprint density at radius 2 is 2.06 bits per heavy atom. The van der Waals surface area contributed by atoms with Crippen LogP contribution in [-0.4, -0.2) is 53.6 Å². The quantitative estimate of drug-likeness (QED) is 0.664. The fourth-order valence-electron chi connectivity index (χ4n) is 4.23. The van der Waals surface area contributed by atoms with E-state index in [0.29, 0.717) is 48.1 Å². The first kappa shape index (κ1) is 23.6. The number of carbonyl (C=O) groups is 1. The molecule has 0 aliphatic carbocycles. The van der Waals surface area contributed by atoms with Gasteiger partial charge in [-0.2, -0.15) is 0 Å². The van der Waals surface area contributed by atoms with Gasteiger partial charge < -0.3 is 15.0 Å². The zero-order valence-electron chi connectivity index (χ0n) is 18.7. The van der Waals surface area contributed by atoms with Gasteiger partial charge in [0.1, 0.15) is 5.82 Å². The van der Waals surface area contributed by atoms with E-state index in [-0.39, 0.29) is 25.3 Å². The molecule has 7 nitrogen and oxygen atoms in total. The maximum Gasteiger partial charge on any atom is 0.259 e. The average molecular weight is 479 g/mol. The summed E-state index contributed by atoms with van der Waals surface area (Å²) in [4.78, 5) is 20.1. The van der Waals surface area contributed by atoms with E-state index in [4.69, 9.17) is 9.52 Å². The van der Waals surface area contributed by atoms with E-state index in [2.05, 4.69) is 10.3 Å². The first-order valence-corrected chi connectivity index (χ1v) is 12.9. The minimum atomic E-state index is -2.94. The Balaban J connectivity index is 1.71. The van der Waals surface area contributed by atoms with E-state index in [1.807, 2.05) is 6.92 Å². The van der Waals surface area contributed by atoms with Crippen molar-refractivity contribution in [1.82, 2.24) is 4.98 Å². The molecule has 10 heteroatoms. The highest BCUT2D eigenvalue weighted by Gasteiger charge is 2.34. The molecule has 3 heterocycles. The summed E-state index contributed by atoms with van der Waals surface area (Å²) in [5, 5.41) is 2.83. The summed E-state index contributed by atoms with van der Waals surface area (Å²) in [6.45, 7) is 3.45. The fraction of sp³-hybridized carbons (Fsp3) is 0.478. The van der Waals surface area contributed by atoms with Gasteiger partial charge in [-0.15, -0.1) is 0 Å². The Labute approximate surface area is 192 Å². The molecule has 2 N–H and O–H groups in total. The predicted molar refractivity (Wildman–Crippen MR) is 123 cm³/mol. The van der Waals surface area contributed by atoms with Crippen molar-refractivity contribution in [2.45, 2.75) is 42.9 Å². The predicted octanol–water partition coefficient (Wildman–Crippen LogP) is 4.42. The largest absolute Gasteiger partial charge is 0.380 e. The minimum Gasteiger partial charge on any atom is -0.380 e. The van der Waals surface area contributed by atoms with E-state index in [0.717, 1.165) is 11.1 Å². The van der Waals surface area contributed by atoms with Gasteiger partial charge >= 0.3 is 0 Å². The van der Waals surface area contributed by atoms with Crippen molar-refractivity contribution in [3.05, 3.63) is 47.2 Å². The van der Waals surface area contributed by atoms with E-state index in [9.17, 15) is 17.8 Å². The number of halogens is 2. The summed E-state index contributed by atoms with van der Waals surface area (Å²) in [7, 11) is -2.94. The van der Waals surface area contributed by atoms with Crippen molar-refractivity contribution >= 4 is 27.1 Å². The van der Waals surface area contributed by atoms with Gasteiger partial charge in [-0.25, -0.2) is 22.8 Å². The SMILES string of the molecule is Cc1c(C2COC2)cnc(N2CCCC(F)(F)CC2)c1C(=O)Nc1cccc(S(C)(=N)=O)c1. The number of benzene rings is 1. The molecule has 4 rings (SSSR count). The number of aromatic nitrogens is 1. The number of ether oxygens (including phenoxy) is 1. The molecule has 1 aromatic carbocycles. The molecule has 1 aromatic heterocycles. The fourth-order valence-corrected chi connectivity index (χ4v) is 4.92. The lowest BCUT2D eigenvalue weighted by Gasteiger charge is -2.30. The van der Waals surface area contributed by atoms with Gasteiger partial charge in [-0.1, -0.05) is 6.07 Å². The van der Waals surface area contributed by atoms with Crippen molar-refractivity contribution in [2.75, 3.05) is 42.8 Å². The van der Waals surface area contributed by atoms with Crippen LogP contribution in [0.15, 0.2) is 35.4 Å². The average Bonchev–Trinajstić information content (AvgIpc) is 2.88. The zero-order chi connectivity index (χ0) is 23.8. The van der Waals surface area contributed by atoms with Crippen LogP contribution in [0.2, 0.25) is 0 Å². The maximum atomic E-state index is 14.0. The topological polar surface area (TPSA) is 95.4 Å². The standard InChI is InChI=1S/C23H28F2N4O3S/c1-15-19(16-13-32-14-16)12-27-21(29-9-4-7-23(24,25)8-10-29)20(15)22(30)28-17-5-3-6-18(11-17)33(2,26)31/h3,5-6,11-12,16,26H,4,7-10,13-14H2,1-2H3,(H,28,30). The maximum absolute atomic E-state index is 14.0. The van der Waals surface area contributed by atoms with Crippen LogP contribution in [0.5, 0.6) is 0 Å². The highest BCUT2D eigenvalue weighted by Crippen LogP contribution is 2.35. The molecule has 2 aliphatic rings. The minimum absolute atomic E-state index is 0.109. The summed E-state index contributed by atoms with van der Waals surface area (Å²) in [6.07, 6.45) is 2.88. The second kappa shape index (κ2) is 8.98. The van der Waals surface area contributed by atoms with Gasteiger partial charge in [0.25, 0.3) is 5.91 Å². The molecule has 0 bridgehead atoms. The summed E-state index contributed by atoms with van der Waals surface area (Å²) in [5.74, 6) is -2.61. The van der Waals surface area contributed by atoms with Crippen LogP contribution in [0.1, 0.15) is 46.7 Å². The number of alkyl halides is 2. The van der Waals surface area contributed by atoms with Crippen LogP contribution in [0, 0.1) is 11.7 Å². The number of pyridine rings is 1. The molecule has 0 radical (unpaired) electrons. The number of hydrogen-bond donors (Lipinski definition) is 2. The van der Waals surface area contributed by atoms with Crippen LogP contribution in [0.3, 0.4) is 0 Å². The lowest BCUT2D eigenvalue weighted by molar-refractivity contribution is -0.0102. The number of rotatable bonds is 5. The third-order valence-electron chi connectivity index (χ3n) is 6.22. The van der Waals surface area contributed by atoms with Crippen molar-refractivity contribution in [1.29, 1.82) is 4.78 Å². The van der Waals surface area contributed by atoms with Crippen molar-refractivity contribution in [3.8, 4) is 0 Å². The highest BCUT2D eigenvalue weighted by atomic mass is 32.2. The lowest BCUT2D eigenvalue weighted by atomic mass is 9.92. The molecule has 2 aromatic rings. The van der Waals surface area contributed by atoms with Gasteiger partial charge in [0.2, 0.25) is 5.92 Å². The number of nitrogens with one attached hydrogen (secondary N) is 2. The molecular weight excluding hydrogens is 450 g/mol. The van der Waals surface area contributed by atoms with Crippen LogP contribution in [0.4, 0.5) is 20.3 Å². The summed E-state index contributed by atoms with van der Waals surface area (Å²) >= 11 is 0. The second-order valence-electron chi connectivity index (χ2n) is 8.79. The molecule has 2 saturated heterocycles. The summed E-state index contributed by atoms with van der Waals surface area (Å²) in [6, 6.07) is 6.39. The number of carbonyl (C=O) groups excluding carboxylic acids is 1. The number of hydrogen-bond acceptors (Lipinski definition) is 6. The normalized spacial score (nSPS) is 20.4. The molecule has 1 unspecified atom stereocenters. The van der Waals surface area contributed by atoms with E-state index in [1.165, 1.54) is 12.3 Å². The summed E-state index contributed by atoms with van der Waals surface area (Å²) < 4.78 is 53.1. The molecule has 0 spiro atoms. The van der Waals surface area contributed by atoms with E-state index < -0.39 is 21.6 Å². The Morgan fingerprint density at radius 3 is 2.73 bits per heavy atom. The Kier molecular flexibility index (Phi) is 6.41. The highest BCUT2D eigenvalue weighted by molar-refractivity contribution is 7.91. The van der Waals surface area contributed by atoms with Crippen LogP contribution >= 0.6 is 0 Å². The third kappa shape index (κ3) is 5.16. The number of amides is 1. The molecular formula is C23H28F2N4O3S. The Morgan fingerprint density at radius 1 is 1.30 bits per heavy atom. The van der Waals surface area contributed by atoms with Gasteiger partial charge in [0.05, 0.1) is 28.5 Å².